The minimum absolute atomic E-state index is 0. The number of fused-ring (bicyclic) bond motifs is 1. The molecule has 118 valence electrons. The maximum Gasteiger partial charge on any atom is 0.261 e. The summed E-state index contributed by atoms with van der Waals surface area (Å²) in [6.45, 7) is 1.48. The van der Waals surface area contributed by atoms with Gasteiger partial charge in [-0.15, -0.1) is 12.4 Å². The van der Waals surface area contributed by atoms with Crippen molar-refractivity contribution in [2.45, 2.75) is 19.0 Å². The predicted molar refractivity (Wildman–Crippen MR) is 87.3 cm³/mol. The van der Waals surface area contributed by atoms with Gasteiger partial charge in [0.15, 0.2) is 0 Å². The molecular formula is C15H19ClN4O2. The molecule has 1 unspecified atom stereocenters. The Labute approximate surface area is 134 Å². The smallest absolute Gasteiger partial charge is 0.261 e. The van der Waals surface area contributed by atoms with E-state index in [0.29, 0.717) is 23.5 Å². The highest BCUT2D eigenvalue weighted by atomic mass is 35.5. The van der Waals surface area contributed by atoms with Crippen LogP contribution in [-0.2, 0) is 11.3 Å². The molecule has 3 rings (SSSR count). The number of halogens is 1. The summed E-state index contributed by atoms with van der Waals surface area (Å²) < 4.78 is 1.39. The topological polar surface area (TPSA) is 67.2 Å². The molecule has 0 bridgehead atoms. The van der Waals surface area contributed by atoms with Gasteiger partial charge in [0.2, 0.25) is 5.91 Å². The van der Waals surface area contributed by atoms with Crippen molar-refractivity contribution in [3.8, 4) is 0 Å². The monoisotopic (exact) mass is 322 g/mol. The summed E-state index contributed by atoms with van der Waals surface area (Å²) >= 11 is 0. The summed E-state index contributed by atoms with van der Waals surface area (Å²) in [5, 5.41) is 3.72. The van der Waals surface area contributed by atoms with Crippen LogP contribution in [0.4, 0.5) is 0 Å². The second-order valence-electron chi connectivity index (χ2n) is 5.31. The maximum atomic E-state index is 12.3. The standard InChI is InChI=1S/C15H18N4O2.ClH/c1-16-11-6-7-18(8-11)14(20)9-19-10-17-13-5-3-2-4-12(13)15(19)21;/h2-5,10-11,16H,6-9H2,1H3;1H. The van der Waals surface area contributed by atoms with Gasteiger partial charge in [-0.25, -0.2) is 4.98 Å². The van der Waals surface area contributed by atoms with Crippen LogP contribution in [0.25, 0.3) is 10.9 Å². The normalized spacial score (nSPS) is 17.5. The second kappa shape index (κ2) is 6.89. The van der Waals surface area contributed by atoms with Crippen molar-refractivity contribution in [2.24, 2.45) is 0 Å². The van der Waals surface area contributed by atoms with E-state index >= 15 is 0 Å². The first-order chi connectivity index (χ1) is 10.2. The molecule has 1 aromatic carbocycles. The van der Waals surface area contributed by atoms with Gasteiger partial charge in [0.1, 0.15) is 6.54 Å². The zero-order valence-corrected chi connectivity index (χ0v) is 13.2. The quantitative estimate of drug-likeness (QED) is 0.900. The molecule has 2 aromatic rings. The number of carbonyl (C=O) groups excluding carboxylic acids is 1. The fourth-order valence-electron chi connectivity index (χ4n) is 2.69. The highest BCUT2D eigenvalue weighted by Gasteiger charge is 2.25. The molecule has 1 aliphatic heterocycles. The van der Waals surface area contributed by atoms with Gasteiger partial charge in [-0.05, 0) is 25.6 Å². The van der Waals surface area contributed by atoms with Gasteiger partial charge >= 0.3 is 0 Å². The van der Waals surface area contributed by atoms with E-state index in [1.54, 1.807) is 23.1 Å². The largest absolute Gasteiger partial charge is 0.340 e. The number of amides is 1. The fourth-order valence-corrected chi connectivity index (χ4v) is 2.69. The van der Waals surface area contributed by atoms with Crippen LogP contribution in [-0.4, -0.2) is 46.5 Å². The zero-order chi connectivity index (χ0) is 14.8. The maximum absolute atomic E-state index is 12.3. The molecule has 22 heavy (non-hydrogen) atoms. The Kier molecular flexibility index (Phi) is 5.15. The Morgan fingerprint density at radius 2 is 2.18 bits per heavy atom. The fraction of sp³-hybridized carbons (Fsp3) is 0.400. The number of likely N-dealkylation sites (tertiary alicyclic amines) is 1. The minimum atomic E-state index is -0.168. The number of hydrogen-bond acceptors (Lipinski definition) is 4. The lowest BCUT2D eigenvalue weighted by molar-refractivity contribution is -0.130. The number of nitrogens with zero attached hydrogens (tertiary/aromatic N) is 3. The van der Waals surface area contributed by atoms with E-state index in [-0.39, 0.29) is 30.4 Å². The van der Waals surface area contributed by atoms with Gasteiger partial charge in [0.05, 0.1) is 17.2 Å². The summed E-state index contributed by atoms with van der Waals surface area (Å²) in [5.74, 6) is -0.0352. The molecule has 0 saturated carbocycles. The van der Waals surface area contributed by atoms with E-state index in [1.807, 2.05) is 13.1 Å². The Balaban J connectivity index is 0.00000176. The Bertz CT molecular complexity index is 731. The van der Waals surface area contributed by atoms with Crippen LogP contribution in [0.15, 0.2) is 35.4 Å². The summed E-state index contributed by atoms with van der Waals surface area (Å²) in [6, 6.07) is 7.52. The van der Waals surface area contributed by atoms with E-state index in [1.165, 1.54) is 10.9 Å². The van der Waals surface area contributed by atoms with E-state index in [9.17, 15) is 9.59 Å². The van der Waals surface area contributed by atoms with Crippen LogP contribution in [0.1, 0.15) is 6.42 Å². The van der Waals surface area contributed by atoms with Crippen molar-refractivity contribution < 1.29 is 4.79 Å². The minimum Gasteiger partial charge on any atom is -0.340 e. The van der Waals surface area contributed by atoms with Crippen molar-refractivity contribution in [3.05, 3.63) is 40.9 Å². The molecule has 1 atom stereocenters. The van der Waals surface area contributed by atoms with Crippen LogP contribution in [0.5, 0.6) is 0 Å². The molecule has 1 amide bonds. The van der Waals surface area contributed by atoms with Gasteiger partial charge in [0, 0.05) is 19.1 Å². The van der Waals surface area contributed by atoms with Crippen LogP contribution < -0.4 is 10.9 Å². The SMILES string of the molecule is CNC1CCN(C(=O)Cn2cnc3ccccc3c2=O)C1.Cl. The van der Waals surface area contributed by atoms with E-state index in [0.717, 1.165) is 13.0 Å². The lowest BCUT2D eigenvalue weighted by atomic mass is 10.2. The summed E-state index contributed by atoms with van der Waals surface area (Å²) in [5.41, 5.74) is 0.487. The number of carbonyl (C=O) groups is 1. The molecule has 0 radical (unpaired) electrons. The van der Waals surface area contributed by atoms with Crippen LogP contribution in [0.2, 0.25) is 0 Å². The first-order valence-corrected chi connectivity index (χ1v) is 7.08. The third-order valence-corrected chi connectivity index (χ3v) is 3.99. The third-order valence-electron chi connectivity index (χ3n) is 3.99. The van der Waals surface area contributed by atoms with Gasteiger partial charge in [0.25, 0.3) is 5.56 Å². The number of para-hydroxylation sites is 1. The van der Waals surface area contributed by atoms with E-state index in [2.05, 4.69) is 10.3 Å². The molecule has 1 aromatic heterocycles. The van der Waals surface area contributed by atoms with Crippen LogP contribution in [0.3, 0.4) is 0 Å². The first kappa shape index (κ1) is 16.5. The van der Waals surface area contributed by atoms with Gasteiger partial charge < -0.3 is 10.2 Å². The second-order valence-corrected chi connectivity index (χ2v) is 5.31. The lowest BCUT2D eigenvalue weighted by Crippen LogP contribution is -2.37. The number of hydrogen-bond donors (Lipinski definition) is 1. The molecule has 2 heterocycles. The average Bonchev–Trinajstić information content (AvgIpc) is 2.99. The van der Waals surface area contributed by atoms with E-state index < -0.39 is 0 Å². The molecular weight excluding hydrogens is 304 g/mol. The summed E-state index contributed by atoms with van der Waals surface area (Å²) in [7, 11) is 1.90. The van der Waals surface area contributed by atoms with Crippen molar-refractivity contribution in [1.29, 1.82) is 0 Å². The third kappa shape index (κ3) is 3.13. The van der Waals surface area contributed by atoms with Gasteiger partial charge in [-0.1, -0.05) is 12.1 Å². The highest BCUT2D eigenvalue weighted by Crippen LogP contribution is 2.10. The van der Waals surface area contributed by atoms with Crippen LogP contribution in [0, 0.1) is 0 Å². The number of aromatic nitrogens is 2. The first-order valence-electron chi connectivity index (χ1n) is 7.08. The van der Waals surface area contributed by atoms with Gasteiger partial charge in [-0.3, -0.25) is 14.2 Å². The van der Waals surface area contributed by atoms with Gasteiger partial charge in [-0.2, -0.15) is 0 Å². The highest BCUT2D eigenvalue weighted by molar-refractivity contribution is 5.85. The molecule has 6 nitrogen and oxygen atoms in total. The van der Waals surface area contributed by atoms with Crippen molar-refractivity contribution >= 4 is 29.2 Å². The number of rotatable bonds is 3. The Morgan fingerprint density at radius 3 is 2.91 bits per heavy atom. The number of likely N-dealkylation sites (N-methyl/N-ethyl adjacent to an activating group) is 1. The van der Waals surface area contributed by atoms with E-state index in [4.69, 9.17) is 0 Å². The molecule has 1 aliphatic rings. The molecule has 1 saturated heterocycles. The predicted octanol–water partition coefficient (Wildman–Crippen LogP) is 0.639. The van der Waals surface area contributed by atoms with Crippen molar-refractivity contribution in [2.75, 3.05) is 20.1 Å². The molecule has 0 aliphatic carbocycles. The molecule has 0 spiro atoms. The lowest BCUT2D eigenvalue weighted by Gasteiger charge is -2.17. The molecule has 7 heteroatoms. The van der Waals surface area contributed by atoms with Crippen molar-refractivity contribution in [3.63, 3.8) is 0 Å². The van der Waals surface area contributed by atoms with Crippen LogP contribution >= 0.6 is 12.4 Å². The van der Waals surface area contributed by atoms with Crippen molar-refractivity contribution in [1.82, 2.24) is 19.8 Å². The number of nitrogens with one attached hydrogen (secondary N) is 1. The number of benzene rings is 1. The average molecular weight is 323 g/mol. The summed E-state index contributed by atoms with van der Waals surface area (Å²) in [4.78, 5) is 30.6. The Hall–Kier alpha value is -1.92. The zero-order valence-electron chi connectivity index (χ0n) is 12.4. The molecule has 1 fully saturated rings. The summed E-state index contributed by atoms with van der Waals surface area (Å²) in [6.07, 6.45) is 2.40. The molecule has 1 N–H and O–H groups in total. The Morgan fingerprint density at radius 1 is 1.41 bits per heavy atom.